The quantitative estimate of drug-likeness (QED) is 0.792. The molecule has 2 aromatic rings. The average molecular weight is 230 g/mol. The van der Waals surface area contributed by atoms with Gasteiger partial charge in [-0.3, -0.25) is 4.98 Å². The average Bonchev–Trinajstić information content (AvgIpc) is 2.29. The lowest BCUT2D eigenvalue weighted by Crippen LogP contribution is -1.89. The number of nitrogens with zero attached hydrogens (tertiary/aromatic N) is 1. The minimum atomic E-state index is 0.557. The Hall–Kier alpha value is -1.48. The smallest absolute Gasteiger partial charge is 0.122 e. The summed E-state index contributed by atoms with van der Waals surface area (Å²) in [6.45, 7) is 4.37. The van der Waals surface area contributed by atoms with Crippen LogP contribution in [0.4, 0.5) is 0 Å². The summed E-state index contributed by atoms with van der Waals surface area (Å²) in [5.74, 6) is 0.557. The summed E-state index contributed by atoms with van der Waals surface area (Å²) in [7, 11) is 0. The van der Waals surface area contributed by atoms with Crippen molar-refractivity contribution in [2.75, 3.05) is 0 Å². The number of nitrogens with one attached hydrogen (secondary N) is 1. The van der Waals surface area contributed by atoms with E-state index in [2.05, 4.69) is 48.1 Å². The van der Waals surface area contributed by atoms with Crippen molar-refractivity contribution in [2.24, 2.45) is 0 Å². The van der Waals surface area contributed by atoms with E-state index in [1.165, 1.54) is 5.56 Å². The van der Waals surface area contributed by atoms with Gasteiger partial charge >= 0.3 is 0 Å². The van der Waals surface area contributed by atoms with E-state index in [1.807, 2.05) is 0 Å². The van der Waals surface area contributed by atoms with Gasteiger partial charge in [0.2, 0.25) is 0 Å². The fourth-order valence-corrected chi connectivity index (χ4v) is 1.74. The van der Waals surface area contributed by atoms with Crippen LogP contribution in [0.5, 0.6) is 0 Å². The van der Waals surface area contributed by atoms with Gasteiger partial charge in [-0.2, -0.15) is 0 Å². The molecule has 1 aromatic carbocycles. The Labute approximate surface area is 100 Å². The van der Waals surface area contributed by atoms with Crippen molar-refractivity contribution in [3.05, 3.63) is 46.9 Å². The first-order valence-electron chi connectivity index (χ1n) is 5.31. The molecule has 0 spiro atoms. The second-order valence-electron chi connectivity index (χ2n) is 4.09. The zero-order valence-electron chi connectivity index (χ0n) is 9.40. The Bertz CT molecular complexity index is 526. The molecule has 2 rings (SSSR count). The summed E-state index contributed by atoms with van der Waals surface area (Å²) in [6.07, 6.45) is 3.43. The standard InChI is InChI=1S/C13H14N2S/c1-9(2)10-3-5-11(6-4-10)12-7-14-8-13(16)15-12/h3-9H,1-2H3,(H,15,16). The second-order valence-corrected chi connectivity index (χ2v) is 4.53. The van der Waals surface area contributed by atoms with E-state index in [9.17, 15) is 0 Å². The molecule has 0 fully saturated rings. The van der Waals surface area contributed by atoms with E-state index in [0.717, 1.165) is 11.3 Å². The second kappa shape index (κ2) is 4.58. The third-order valence-electron chi connectivity index (χ3n) is 2.54. The van der Waals surface area contributed by atoms with Crippen molar-refractivity contribution in [3.8, 4) is 11.3 Å². The number of hydrogen-bond acceptors (Lipinski definition) is 2. The molecular weight excluding hydrogens is 216 g/mol. The van der Waals surface area contributed by atoms with Gasteiger partial charge in [-0.15, -0.1) is 0 Å². The predicted octanol–water partition coefficient (Wildman–Crippen LogP) is 3.93. The molecule has 0 saturated carbocycles. The summed E-state index contributed by atoms with van der Waals surface area (Å²) in [6, 6.07) is 8.48. The van der Waals surface area contributed by atoms with E-state index in [1.54, 1.807) is 12.4 Å². The first kappa shape index (κ1) is 11.0. The van der Waals surface area contributed by atoms with Gasteiger partial charge < -0.3 is 4.98 Å². The molecule has 0 saturated heterocycles. The van der Waals surface area contributed by atoms with E-state index in [-0.39, 0.29) is 0 Å². The van der Waals surface area contributed by atoms with Gasteiger partial charge in [0.05, 0.1) is 18.1 Å². The normalized spacial score (nSPS) is 10.7. The van der Waals surface area contributed by atoms with Crippen LogP contribution in [0.15, 0.2) is 36.7 Å². The van der Waals surface area contributed by atoms with Gasteiger partial charge in [0, 0.05) is 0 Å². The maximum Gasteiger partial charge on any atom is 0.122 e. The predicted molar refractivity (Wildman–Crippen MR) is 68.9 cm³/mol. The fraction of sp³-hybridized carbons (Fsp3) is 0.231. The highest BCUT2D eigenvalue weighted by Gasteiger charge is 2.01. The molecule has 0 atom stereocenters. The van der Waals surface area contributed by atoms with Crippen LogP contribution in [0.1, 0.15) is 25.3 Å². The van der Waals surface area contributed by atoms with Crippen LogP contribution in [0, 0.1) is 4.64 Å². The van der Waals surface area contributed by atoms with Gasteiger partial charge in [0.1, 0.15) is 4.64 Å². The lowest BCUT2D eigenvalue weighted by molar-refractivity contribution is 0.867. The Kier molecular flexibility index (Phi) is 3.15. The summed E-state index contributed by atoms with van der Waals surface area (Å²) >= 11 is 5.05. The monoisotopic (exact) mass is 230 g/mol. The molecule has 1 N–H and O–H groups in total. The van der Waals surface area contributed by atoms with E-state index in [4.69, 9.17) is 12.2 Å². The summed E-state index contributed by atoms with van der Waals surface area (Å²) in [5, 5.41) is 0. The number of benzene rings is 1. The lowest BCUT2D eigenvalue weighted by atomic mass is 10.0. The van der Waals surface area contributed by atoms with Crippen molar-refractivity contribution >= 4 is 12.2 Å². The van der Waals surface area contributed by atoms with Crippen LogP contribution in [-0.2, 0) is 0 Å². The zero-order chi connectivity index (χ0) is 11.5. The van der Waals surface area contributed by atoms with E-state index >= 15 is 0 Å². The molecule has 0 bridgehead atoms. The highest BCUT2D eigenvalue weighted by Crippen LogP contribution is 2.20. The molecule has 0 aliphatic rings. The molecule has 1 heterocycles. The first-order valence-corrected chi connectivity index (χ1v) is 5.72. The highest BCUT2D eigenvalue weighted by molar-refractivity contribution is 7.71. The summed E-state index contributed by atoms with van der Waals surface area (Å²) in [5.41, 5.74) is 3.41. The Balaban J connectivity index is 2.38. The number of rotatable bonds is 2. The molecule has 16 heavy (non-hydrogen) atoms. The van der Waals surface area contributed by atoms with Gasteiger partial charge in [0.25, 0.3) is 0 Å². The number of aromatic amines is 1. The van der Waals surface area contributed by atoms with Gasteiger partial charge in [0.15, 0.2) is 0 Å². The van der Waals surface area contributed by atoms with Crippen molar-refractivity contribution in [1.29, 1.82) is 0 Å². The fourth-order valence-electron chi connectivity index (χ4n) is 1.57. The zero-order valence-corrected chi connectivity index (χ0v) is 10.2. The van der Waals surface area contributed by atoms with Gasteiger partial charge in [-0.1, -0.05) is 50.3 Å². The van der Waals surface area contributed by atoms with Crippen LogP contribution in [0.3, 0.4) is 0 Å². The molecular formula is C13H14N2S. The maximum atomic E-state index is 5.05. The third kappa shape index (κ3) is 2.36. The van der Waals surface area contributed by atoms with Crippen molar-refractivity contribution in [2.45, 2.75) is 19.8 Å². The largest absolute Gasteiger partial charge is 0.344 e. The third-order valence-corrected chi connectivity index (χ3v) is 2.75. The molecule has 3 heteroatoms. The molecule has 0 unspecified atom stereocenters. The minimum Gasteiger partial charge on any atom is -0.344 e. The minimum absolute atomic E-state index is 0.557. The molecule has 0 radical (unpaired) electrons. The van der Waals surface area contributed by atoms with Crippen LogP contribution < -0.4 is 0 Å². The van der Waals surface area contributed by atoms with Crippen molar-refractivity contribution < 1.29 is 0 Å². The Morgan fingerprint density at radius 2 is 1.81 bits per heavy atom. The Morgan fingerprint density at radius 3 is 2.38 bits per heavy atom. The topological polar surface area (TPSA) is 28.7 Å². The molecule has 82 valence electrons. The number of H-pyrrole nitrogens is 1. The molecule has 2 nitrogen and oxygen atoms in total. The van der Waals surface area contributed by atoms with Crippen LogP contribution in [0.2, 0.25) is 0 Å². The number of aromatic nitrogens is 2. The lowest BCUT2D eigenvalue weighted by Gasteiger charge is -2.06. The highest BCUT2D eigenvalue weighted by atomic mass is 32.1. The SMILES string of the molecule is CC(C)c1ccc(-c2cncc(=S)[nH]2)cc1. The van der Waals surface area contributed by atoms with E-state index < -0.39 is 0 Å². The van der Waals surface area contributed by atoms with Gasteiger partial charge in [-0.25, -0.2) is 0 Å². The Morgan fingerprint density at radius 1 is 1.12 bits per heavy atom. The van der Waals surface area contributed by atoms with Crippen LogP contribution in [0.25, 0.3) is 11.3 Å². The van der Waals surface area contributed by atoms with Crippen LogP contribution >= 0.6 is 12.2 Å². The molecule has 1 aromatic heterocycles. The van der Waals surface area contributed by atoms with E-state index in [0.29, 0.717) is 10.6 Å². The summed E-state index contributed by atoms with van der Waals surface area (Å²) < 4.78 is 0.658. The van der Waals surface area contributed by atoms with Crippen molar-refractivity contribution in [1.82, 2.24) is 9.97 Å². The molecule has 0 aliphatic heterocycles. The van der Waals surface area contributed by atoms with Gasteiger partial charge in [-0.05, 0) is 17.0 Å². The molecule has 0 aliphatic carbocycles. The molecule has 0 amide bonds. The van der Waals surface area contributed by atoms with Crippen molar-refractivity contribution in [3.63, 3.8) is 0 Å². The maximum absolute atomic E-state index is 5.05. The van der Waals surface area contributed by atoms with Crippen LogP contribution in [-0.4, -0.2) is 9.97 Å². The number of hydrogen-bond donors (Lipinski definition) is 1. The first-order chi connectivity index (χ1) is 7.66. The summed E-state index contributed by atoms with van der Waals surface area (Å²) in [4.78, 5) is 7.21.